The van der Waals surface area contributed by atoms with Gasteiger partial charge in [0.15, 0.2) is 0 Å². The SMILES string of the molecule is CC[C@@](C)(O)[P@@](O)C(O)(Cn1ccnc1)[PH](O)(O)O. The Bertz CT molecular complexity index is 407. The zero-order valence-electron chi connectivity index (χ0n) is 10.7. The summed E-state index contributed by atoms with van der Waals surface area (Å²) < 4.78 is 1.28. The number of rotatable bonds is 6. The van der Waals surface area contributed by atoms with E-state index in [0.717, 1.165) is 0 Å². The maximum absolute atomic E-state index is 10.3. The van der Waals surface area contributed by atoms with Crippen LogP contribution in [-0.4, -0.2) is 49.8 Å². The van der Waals surface area contributed by atoms with Crippen LogP contribution in [0.25, 0.3) is 0 Å². The quantitative estimate of drug-likeness (QED) is 0.389. The zero-order valence-corrected chi connectivity index (χ0v) is 12.6. The molecule has 8 nitrogen and oxygen atoms in total. The number of imidazole rings is 1. The molecule has 1 aromatic rings. The summed E-state index contributed by atoms with van der Waals surface area (Å²) in [6.07, 6.45) is 4.18. The summed E-state index contributed by atoms with van der Waals surface area (Å²) in [5, 5.41) is 16.0. The van der Waals surface area contributed by atoms with Crippen LogP contribution in [0.5, 0.6) is 0 Å². The normalized spacial score (nSPS) is 21.5. The van der Waals surface area contributed by atoms with E-state index in [0.29, 0.717) is 0 Å². The Hall–Kier alpha value is -0.170. The third-order valence-electron chi connectivity index (χ3n) is 2.98. The van der Waals surface area contributed by atoms with Crippen molar-refractivity contribution in [3.8, 4) is 0 Å². The molecule has 0 spiro atoms. The van der Waals surface area contributed by atoms with Gasteiger partial charge >= 0.3 is 111 Å². The number of aromatic nitrogens is 2. The van der Waals surface area contributed by atoms with Gasteiger partial charge in [-0.25, -0.2) is 0 Å². The van der Waals surface area contributed by atoms with Crippen molar-refractivity contribution < 1.29 is 29.8 Å². The second-order valence-electron chi connectivity index (χ2n) is 4.57. The molecule has 3 atom stereocenters. The van der Waals surface area contributed by atoms with Gasteiger partial charge in [-0.3, -0.25) is 0 Å². The molecule has 1 rings (SSSR count). The number of aliphatic hydroxyl groups is 2. The van der Waals surface area contributed by atoms with Crippen LogP contribution < -0.4 is 0 Å². The molecule has 10 heteroatoms. The van der Waals surface area contributed by atoms with Crippen molar-refractivity contribution in [1.82, 2.24) is 9.55 Å². The molecular formula is C9H20N2O6P2. The molecule has 0 radical (unpaired) electrons. The fourth-order valence-corrected chi connectivity index (χ4v) is 5.15. The second-order valence-corrected chi connectivity index (χ2v) is 9.42. The fraction of sp³-hybridized carbons (Fsp3) is 0.667. The molecule has 0 saturated carbocycles. The van der Waals surface area contributed by atoms with Crippen LogP contribution in [0, 0.1) is 0 Å². The number of hydrogen-bond donors (Lipinski definition) is 6. The molecule has 0 aliphatic heterocycles. The van der Waals surface area contributed by atoms with Crippen molar-refractivity contribution >= 4 is 16.1 Å². The monoisotopic (exact) mass is 314 g/mol. The van der Waals surface area contributed by atoms with E-state index in [4.69, 9.17) is 0 Å². The van der Waals surface area contributed by atoms with Gasteiger partial charge in [-0.1, -0.05) is 0 Å². The van der Waals surface area contributed by atoms with E-state index >= 15 is 0 Å². The summed E-state index contributed by atoms with van der Waals surface area (Å²) in [7, 11) is -7.82. The van der Waals surface area contributed by atoms with E-state index in [9.17, 15) is 29.8 Å². The van der Waals surface area contributed by atoms with Crippen molar-refractivity contribution in [3.63, 3.8) is 0 Å². The van der Waals surface area contributed by atoms with Crippen molar-refractivity contribution in [2.75, 3.05) is 0 Å². The Kier molecular flexibility index (Phi) is 5.04. The van der Waals surface area contributed by atoms with E-state index in [1.807, 2.05) is 0 Å². The molecule has 1 aromatic heterocycles. The van der Waals surface area contributed by atoms with Gasteiger partial charge in [0.2, 0.25) is 0 Å². The molecule has 0 saturated heterocycles. The van der Waals surface area contributed by atoms with E-state index in [-0.39, 0.29) is 6.42 Å². The van der Waals surface area contributed by atoms with E-state index in [1.165, 1.54) is 30.2 Å². The van der Waals surface area contributed by atoms with Crippen LogP contribution in [0.4, 0.5) is 0 Å². The molecule has 0 aliphatic carbocycles. The maximum atomic E-state index is 10.3. The summed E-state index contributed by atoms with van der Waals surface area (Å²) >= 11 is 0. The standard InChI is InChI=1S/C9H20N2O6P2/c1-3-8(2,12)18(14)9(13,19(15,16)17)6-11-5-4-10-7-11/h4-5,7,12-17,19H,3,6H2,1-2H3/t8-,9?,18+/m0/s1. The molecule has 0 fully saturated rings. The molecule has 0 aliphatic rings. The van der Waals surface area contributed by atoms with Gasteiger partial charge in [0.25, 0.3) is 0 Å². The predicted molar refractivity (Wildman–Crippen MR) is 72.2 cm³/mol. The number of hydrogen-bond acceptors (Lipinski definition) is 7. The predicted octanol–water partition coefficient (Wildman–Crippen LogP) is -0.491. The minimum absolute atomic E-state index is 0.0753. The van der Waals surface area contributed by atoms with Gasteiger partial charge in [0.05, 0.1) is 0 Å². The Balaban J connectivity index is 3.14. The van der Waals surface area contributed by atoms with Crippen LogP contribution in [-0.2, 0) is 6.54 Å². The van der Waals surface area contributed by atoms with Gasteiger partial charge in [-0.05, 0) is 0 Å². The van der Waals surface area contributed by atoms with Crippen molar-refractivity contribution in [1.29, 1.82) is 0 Å². The average Bonchev–Trinajstić information content (AvgIpc) is 2.79. The molecule has 6 N–H and O–H groups in total. The van der Waals surface area contributed by atoms with Crippen molar-refractivity contribution in [2.24, 2.45) is 0 Å². The molecule has 1 heterocycles. The molecule has 0 amide bonds. The van der Waals surface area contributed by atoms with Gasteiger partial charge in [-0.2, -0.15) is 0 Å². The van der Waals surface area contributed by atoms with E-state index < -0.39 is 33.1 Å². The first kappa shape index (κ1) is 16.9. The molecule has 19 heavy (non-hydrogen) atoms. The Morgan fingerprint density at radius 3 is 2.26 bits per heavy atom. The Labute approximate surface area is 112 Å². The van der Waals surface area contributed by atoms with Crippen LogP contribution in [0.1, 0.15) is 20.3 Å². The third-order valence-corrected chi connectivity index (χ3v) is 7.81. The number of nitrogens with zero attached hydrogens (tertiary/aromatic N) is 2. The summed E-state index contributed by atoms with van der Waals surface area (Å²) in [5.41, 5.74) is 0. The first-order valence-corrected chi connectivity index (χ1v) is 8.75. The summed E-state index contributed by atoms with van der Waals surface area (Å²) in [6, 6.07) is 0. The molecule has 0 bridgehead atoms. The van der Waals surface area contributed by atoms with Crippen molar-refractivity contribution in [3.05, 3.63) is 18.7 Å². The Morgan fingerprint density at radius 1 is 1.32 bits per heavy atom. The molecule has 0 aromatic carbocycles. The zero-order chi connectivity index (χ0) is 14.9. The average molecular weight is 314 g/mol. The second kappa shape index (κ2) is 5.68. The summed E-state index contributed by atoms with van der Waals surface area (Å²) in [6.45, 7) is 2.34. The van der Waals surface area contributed by atoms with Crippen LogP contribution in [0.15, 0.2) is 18.7 Å². The van der Waals surface area contributed by atoms with Gasteiger partial charge in [0.1, 0.15) is 0 Å². The van der Waals surface area contributed by atoms with E-state index in [1.54, 1.807) is 6.92 Å². The topological polar surface area (TPSA) is 139 Å². The third kappa shape index (κ3) is 3.48. The van der Waals surface area contributed by atoms with Crippen LogP contribution >= 0.6 is 16.1 Å². The van der Waals surface area contributed by atoms with Gasteiger partial charge in [-0.15, -0.1) is 0 Å². The first-order valence-electron chi connectivity index (χ1n) is 5.61. The van der Waals surface area contributed by atoms with Gasteiger partial charge < -0.3 is 0 Å². The van der Waals surface area contributed by atoms with E-state index in [2.05, 4.69) is 4.98 Å². The fourth-order valence-electron chi connectivity index (χ4n) is 1.50. The summed E-state index contributed by atoms with van der Waals surface area (Å²) in [4.78, 5) is 42.3. The molecule has 112 valence electrons. The summed E-state index contributed by atoms with van der Waals surface area (Å²) in [5.74, 6) is 0. The van der Waals surface area contributed by atoms with Crippen LogP contribution in [0.2, 0.25) is 0 Å². The first-order chi connectivity index (χ1) is 8.54. The minimum atomic E-state index is -5.13. The molecular weight excluding hydrogens is 294 g/mol. The van der Waals surface area contributed by atoms with Crippen LogP contribution in [0.3, 0.4) is 0 Å². The molecule has 1 unspecified atom stereocenters. The Morgan fingerprint density at radius 2 is 1.89 bits per heavy atom. The van der Waals surface area contributed by atoms with Gasteiger partial charge in [0, 0.05) is 0 Å². The van der Waals surface area contributed by atoms with Crippen molar-refractivity contribution in [2.45, 2.75) is 37.2 Å².